The number of hydrogen-bond acceptors (Lipinski definition) is 2. The van der Waals surface area contributed by atoms with Gasteiger partial charge in [0.25, 0.3) is 0 Å². The third-order valence-corrected chi connectivity index (χ3v) is 8.17. The van der Waals surface area contributed by atoms with E-state index < -0.39 is 0 Å². The third kappa shape index (κ3) is 2.84. The molecule has 0 aliphatic heterocycles. The van der Waals surface area contributed by atoms with Gasteiger partial charge in [-0.1, -0.05) is 19.1 Å². The van der Waals surface area contributed by atoms with Crippen LogP contribution in [0.2, 0.25) is 0 Å². The van der Waals surface area contributed by atoms with Crippen LogP contribution in [0.3, 0.4) is 0 Å². The van der Waals surface area contributed by atoms with Crippen LogP contribution >= 0.6 is 0 Å². The van der Waals surface area contributed by atoms with Crippen LogP contribution in [0.4, 0.5) is 0 Å². The molecular weight excluding hydrogens is 320 g/mol. The first-order valence-electron chi connectivity index (χ1n) is 10.9. The Balaban J connectivity index is 1.60. The molecule has 0 saturated heterocycles. The lowest BCUT2D eigenvalue weighted by atomic mass is 9.51. The molecule has 6 atom stereocenters. The molecule has 0 radical (unpaired) electrons. The molecule has 4 rings (SSSR count). The summed E-state index contributed by atoms with van der Waals surface area (Å²) in [7, 11) is 0. The summed E-state index contributed by atoms with van der Waals surface area (Å²) < 4.78 is 6.61. The highest BCUT2D eigenvalue weighted by Crippen LogP contribution is 2.64. The second-order valence-corrected chi connectivity index (χ2v) is 10.4. The summed E-state index contributed by atoms with van der Waals surface area (Å²) in [5.74, 6) is 3.17. The van der Waals surface area contributed by atoms with Crippen molar-refractivity contribution in [2.24, 2.45) is 29.1 Å². The van der Waals surface area contributed by atoms with Crippen molar-refractivity contribution in [3.63, 3.8) is 0 Å². The molecule has 3 saturated carbocycles. The molecule has 2 nitrogen and oxygen atoms in total. The zero-order valence-electron chi connectivity index (χ0n) is 17.1. The first kappa shape index (κ1) is 18.5. The van der Waals surface area contributed by atoms with E-state index in [9.17, 15) is 4.79 Å². The fraction of sp³-hybridized carbons (Fsp3) is 0.792. The van der Waals surface area contributed by atoms with E-state index in [1.165, 1.54) is 44.1 Å². The van der Waals surface area contributed by atoms with Crippen LogP contribution in [0.5, 0.6) is 0 Å². The summed E-state index contributed by atoms with van der Waals surface area (Å²) in [4.78, 5) is 12.1. The molecule has 0 bridgehead atoms. The van der Waals surface area contributed by atoms with Gasteiger partial charge in [0.2, 0.25) is 0 Å². The average molecular weight is 357 g/mol. The summed E-state index contributed by atoms with van der Waals surface area (Å²) >= 11 is 0. The molecular formula is C24H36O2. The van der Waals surface area contributed by atoms with Crippen molar-refractivity contribution in [1.29, 1.82) is 0 Å². The summed E-state index contributed by atoms with van der Waals surface area (Å²) in [5.41, 5.74) is 2.61. The molecule has 0 amide bonds. The van der Waals surface area contributed by atoms with Crippen LogP contribution in [0.1, 0.15) is 79.1 Å². The van der Waals surface area contributed by atoms with Gasteiger partial charge >= 0.3 is 0 Å². The molecule has 0 aromatic carbocycles. The molecule has 0 unspecified atom stereocenters. The predicted octanol–water partition coefficient (Wildman–Crippen LogP) is 5.87. The normalized spacial score (nSPS) is 42.8. The molecule has 26 heavy (non-hydrogen) atoms. The van der Waals surface area contributed by atoms with E-state index in [2.05, 4.69) is 34.3 Å². The van der Waals surface area contributed by atoms with E-state index in [1.54, 1.807) is 0 Å². The second-order valence-electron chi connectivity index (χ2n) is 10.4. The fourth-order valence-electron chi connectivity index (χ4n) is 7.16. The van der Waals surface area contributed by atoms with Gasteiger partial charge in [0.1, 0.15) is 0 Å². The van der Waals surface area contributed by atoms with Gasteiger partial charge in [-0.2, -0.15) is 0 Å². The quantitative estimate of drug-likeness (QED) is 0.579. The first-order valence-corrected chi connectivity index (χ1v) is 10.9. The lowest BCUT2D eigenvalue weighted by Crippen LogP contribution is -2.50. The van der Waals surface area contributed by atoms with Gasteiger partial charge in [0, 0.05) is 0 Å². The molecule has 4 aliphatic carbocycles. The van der Waals surface area contributed by atoms with Gasteiger partial charge < -0.3 is 4.74 Å². The minimum atomic E-state index is -0.0531. The standard InChI is InChI=1S/C24H36O2/c1-6-24-12-11-17-18(20(24)9-10-22(24)26-23(3,4)5)8-7-16-14-21(25)15(2)13-19(16)17/h14,17-20,22H,2,6-13H2,1,3-5H3/t17-,18+,19-,20-,22-,24-/m0/s1. The SMILES string of the molecule is C=C1C[C@H]2C(=CC1=O)CC[C@@H]1[C@@H]2CC[C@]2(CC)[C@@H](OC(C)(C)C)CC[C@@H]12. The van der Waals surface area contributed by atoms with Crippen molar-refractivity contribution in [3.05, 3.63) is 23.8 Å². The highest BCUT2D eigenvalue weighted by Gasteiger charge is 2.58. The summed E-state index contributed by atoms with van der Waals surface area (Å²) in [6.07, 6.45) is 12.1. The maximum atomic E-state index is 12.1. The monoisotopic (exact) mass is 356 g/mol. The smallest absolute Gasteiger partial charge is 0.181 e. The number of rotatable bonds is 2. The van der Waals surface area contributed by atoms with Gasteiger partial charge in [-0.25, -0.2) is 0 Å². The van der Waals surface area contributed by atoms with E-state index in [0.717, 1.165) is 36.2 Å². The average Bonchev–Trinajstić information content (AvgIpc) is 2.93. The summed E-state index contributed by atoms with van der Waals surface area (Å²) in [5, 5.41) is 0. The maximum absolute atomic E-state index is 12.1. The van der Waals surface area contributed by atoms with Gasteiger partial charge in [-0.15, -0.1) is 0 Å². The fourth-order valence-corrected chi connectivity index (χ4v) is 7.16. The van der Waals surface area contributed by atoms with Crippen molar-refractivity contribution in [2.75, 3.05) is 0 Å². The van der Waals surface area contributed by atoms with E-state index in [4.69, 9.17) is 4.74 Å². The van der Waals surface area contributed by atoms with Crippen molar-refractivity contribution in [2.45, 2.75) is 90.8 Å². The molecule has 2 heteroatoms. The number of allylic oxidation sites excluding steroid dienone is 2. The van der Waals surface area contributed by atoms with Crippen LogP contribution < -0.4 is 0 Å². The van der Waals surface area contributed by atoms with Crippen molar-refractivity contribution in [1.82, 2.24) is 0 Å². The predicted molar refractivity (Wildman–Crippen MR) is 106 cm³/mol. The van der Waals surface area contributed by atoms with Gasteiger partial charge in [-0.05, 0) is 113 Å². The van der Waals surface area contributed by atoms with Gasteiger partial charge in [0.15, 0.2) is 5.78 Å². The topological polar surface area (TPSA) is 26.3 Å². The van der Waals surface area contributed by atoms with Gasteiger partial charge in [-0.3, -0.25) is 4.79 Å². The van der Waals surface area contributed by atoms with E-state index >= 15 is 0 Å². The Bertz CT molecular complexity index is 637. The Morgan fingerprint density at radius 1 is 1.19 bits per heavy atom. The molecule has 144 valence electrons. The van der Waals surface area contributed by atoms with Crippen molar-refractivity contribution < 1.29 is 9.53 Å². The minimum absolute atomic E-state index is 0.0531. The Hall–Kier alpha value is -0.890. The van der Waals surface area contributed by atoms with Crippen LogP contribution in [0.25, 0.3) is 0 Å². The number of carbonyl (C=O) groups is 1. The highest BCUT2D eigenvalue weighted by molar-refractivity contribution is 6.05. The summed E-state index contributed by atoms with van der Waals surface area (Å²) in [6.45, 7) is 13.1. The lowest BCUT2D eigenvalue weighted by Gasteiger charge is -2.55. The second kappa shape index (κ2) is 6.33. The number of carbonyl (C=O) groups excluding carboxylic acids is 1. The van der Waals surface area contributed by atoms with Crippen LogP contribution in [0.15, 0.2) is 23.8 Å². The van der Waals surface area contributed by atoms with Crippen molar-refractivity contribution in [3.8, 4) is 0 Å². The van der Waals surface area contributed by atoms with Crippen LogP contribution in [-0.2, 0) is 9.53 Å². The highest BCUT2D eigenvalue weighted by atomic mass is 16.5. The van der Waals surface area contributed by atoms with Crippen LogP contribution in [0, 0.1) is 29.1 Å². The Labute approximate surface area is 159 Å². The number of hydrogen-bond donors (Lipinski definition) is 0. The minimum Gasteiger partial charge on any atom is -0.372 e. The van der Waals surface area contributed by atoms with E-state index in [0.29, 0.717) is 17.4 Å². The first-order chi connectivity index (χ1) is 12.2. The number of ether oxygens (including phenoxy) is 1. The van der Waals surface area contributed by atoms with E-state index in [1.807, 2.05) is 6.08 Å². The largest absolute Gasteiger partial charge is 0.372 e. The Morgan fingerprint density at radius 2 is 1.96 bits per heavy atom. The zero-order valence-corrected chi connectivity index (χ0v) is 17.1. The van der Waals surface area contributed by atoms with Crippen LogP contribution in [-0.4, -0.2) is 17.5 Å². The summed E-state index contributed by atoms with van der Waals surface area (Å²) in [6, 6.07) is 0. The molecule has 0 aromatic heterocycles. The number of fused-ring (bicyclic) bond motifs is 5. The maximum Gasteiger partial charge on any atom is 0.181 e. The number of ketones is 1. The van der Waals surface area contributed by atoms with Gasteiger partial charge in [0.05, 0.1) is 11.7 Å². The molecule has 0 aromatic rings. The Morgan fingerprint density at radius 3 is 2.65 bits per heavy atom. The molecule has 0 N–H and O–H groups in total. The molecule has 4 aliphatic rings. The molecule has 3 fully saturated rings. The third-order valence-electron chi connectivity index (χ3n) is 8.17. The Kier molecular flexibility index (Phi) is 4.50. The molecule has 0 heterocycles. The zero-order chi connectivity index (χ0) is 18.7. The van der Waals surface area contributed by atoms with Crippen molar-refractivity contribution >= 4 is 5.78 Å². The lowest BCUT2D eigenvalue weighted by molar-refractivity contribution is -0.142. The van der Waals surface area contributed by atoms with E-state index in [-0.39, 0.29) is 11.4 Å². The molecule has 0 spiro atoms.